The van der Waals surface area contributed by atoms with E-state index in [0.717, 1.165) is 25.1 Å². The molecule has 0 atom stereocenters. The van der Waals surface area contributed by atoms with Crippen molar-refractivity contribution < 1.29 is 0 Å². The molecule has 0 bridgehead atoms. The Morgan fingerprint density at radius 3 is 2.55 bits per heavy atom. The van der Waals surface area contributed by atoms with Crippen LogP contribution < -0.4 is 11.1 Å². The Balaban J connectivity index is 0.00000242. The second-order valence-electron chi connectivity index (χ2n) is 4.99. The Labute approximate surface area is 149 Å². The highest BCUT2D eigenvalue weighted by Gasteiger charge is 1.96. The molecule has 0 radical (unpaired) electrons. The van der Waals surface area contributed by atoms with Gasteiger partial charge in [-0.25, -0.2) is 0 Å². The summed E-state index contributed by atoms with van der Waals surface area (Å²) in [5, 5.41) is 3.13. The smallest absolute Gasteiger partial charge is 0.188 e. The van der Waals surface area contributed by atoms with Crippen molar-refractivity contribution in [3.63, 3.8) is 0 Å². The van der Waals surface area contributed by atoms with Gasteiger partial charge in [0.1, 0.15) is 0 Å². The summed E-state index contributed by atoms with van der Waals surface area (Å²) in [7, 11) is 0. The van der Waals surface area contributed by atoms with Crippen LogP contribution in [0.5, 0.6) is 0 Å². The van der Waals surface area contributed by atoms with Crippen LogP contribution in [-0.2, 0) is 12.8 Å². The van der Waals surface area contributed by atoms with Crippen LogP contribution in [0, 0.1) is 6.92 Å². The molecule has 22 heavy (non-hydrogen) atoms. The number of aromatic nitrogens is 1. The van der Waals surface area contributed by atoms with Crippen molar-refractivity contribution in [2.24, 2.45) is 10.7 Å². The number of hydrogen-bond acceptors (Lipinski definition) is 2. The van der Waals surface area contributed by atoms with Crippen molar-refractivity contribution in [1.29, 1.82) is 0 Å². The highest BCUT2D eigenvalue weighted by Crippen LogP contribution is 2.00. The Kier molecular flexibility index (Phi) is 8.50. The molecular weight excluding hydrogens is 387 g/mol. The largest absolute Gasteiger partial charge is 0.370 e. The van der Waals surface area contributed by atoms with E-state index < -0.39 is 0 Å². The molecule has 3 N–H and O–H groups in total. The van der Waals surface area contributed by atoms with Crippen LogP contribution in [0.4, 0.5) is 0 Å². The summed E-state index contributed by atoms with van der Waals surface area (Å²) in [4.78, 5) is 8.60. The van der Waals surface area contributed by atoms with Gasteiger partial charge < -0.3 is 11.1 Å². The summed E-state index contributed by atoms with van der Waals surface area (Å²) in [5.41, 5.74) is 9.36. The number of halogens is 1. The molecule has 1 aromatic carbocycles. The van der Waals surface area contributed by atoms with Gasteiger partial charge in [-0.05, 0) is 37.0 Å². The van der Waals surface area contributed by atoms with Gasteiger partial charge in [0.25, 0.3) is 0 Å². The van der Waals surface area contributed by atoms with Gasteiger partial charge >= 0.3 is 0 Å². The first-order valence-electron chi connectivity index (χ1n) is 7.23. The first-order chi connectivity index (χ1) is 10.2. The zero-order chi connectivity index (χ0) is 14.9. The van der Waals surface area contributed by atoms with Crippen LogP contribution in [-0.4, -0.2) is 24.0 Å². The Hall–Kier alpha value is -1.63. The number of aryl methyl sites for hydroxylation is 1. The van der Waals surface area contributed by atoms with E-state index in [2.05, 4.69) is 33.5 Å². The average Bonchev–Trinajstić information content (AvgIpc) is 2.50. The predicted octanol–water partition coefficient (Wildman–Crippen LogP) is 2.70. The summed E-state index contributed by atoms with van der Waals surface area (Å²) in [6.45, 7) is 3.46. The minimum atomic E-state index is 0. The Morgan fingerprint density at radius 2 is 1.86 bits per heavy atom. The topological polar surface area (TPSA) is 63.3 Å². The molecule has 0 amide bonds. The van der Waals surface area contributed by atoms with Crippen LogP contribution in [0.1, 0.15) is 16.8 Å². The molecule has 2 aromatic rings. The molecule has 1 heterocycles. The molecule has 2 rings (SSSR count). The first-order valence-corrected chi connectivity index (χ1v) is 7.23. The zero-order valence-corrected chi connectivity index (χ0v) is 15.2. The number of nitrogens with zero attached hydrogens (tertiary/aromatic N) is 2. The fourth-order valence-electron chi connectivity index (χ4n) is 1.99. The molecule has 0 saturated carbocycles. The second kappa shape index (κ2) is 10.2. The third-order valence-corrected chi connectivity index (χ3v) is 3.22. The maximum atomic E-state index is 5.85. The molecule has 0 aliphatic heterocycles. The third-order valence-electron chi connectivity index (χ3n) is 3.22. The number of nitrogens with one attached hydrogen (secondary N) is 1. The monoisotopic (exact) mass is 410 g/mol. The minimum Gasteiger partial charge on any atom is -0.370 e. The van der Waals surface area contributed by atoms with Gasteiger partial charge in [-0.3, -0.25) is 9.98 Å². The lowest BCUT2D eigenvalue weighted by Crippen LogP contribution is -2.33. The summed E-state index contributed by atoms with van der Waals surface area (Å²) >= 11 is 0. The lowest BCUT2D eigenvalue weighted by Gasteiger charge is -2.06. The molecule has 4 nitrogen and oxygen atoms in total. The quantitative estimate of drug-likeness (QED) is 0.437. The van der Waals surface area contributed by atoms with Crippen LogP contribution in [0.2, 0.25) is 0 Å². The van der Waals surface area contributed by atoms with Crippen molar-refractivity contribution in [2.75, 3.05) is 13.1 Å². The molecule has 1 aromatic heterocycles. The Morgan fingerprint density at radius 1 is 1.09 bits per heavy atom. The van der Waals surface area contributed by atoms with Gasteiger partial charge in [0.05, 0.1) is 0 Å². The minimum absolute atomic E-state index is 0. The highest BCUT2D eigenvalue weighted by molar-refractivity contribution is 14.0. The van der Waals surface area contributed by atoms with Gasteiger partial charge in [0.2, 0.25) is 0 Å². The molecule has 0 unspecified atom stereocenters. The number of guanidine groups is 1. The first kappa shape index (κ1) is 18.4. The standard InChI is InChI=1S/C17H22N4.HI/c1-14-7-8-16(13-21-14)10-12-20-17(18)19-11-9-15-5-3-2-4-6-15;/h2-8,13H,9-12H2,1H3,(H3,18,19,20);1H. The van der Waals surface area contributed by atoms with Gasteiger partial charge in [-0.2, -0.15) is 0 Å². The average molecular weight is 410 g/mol. The Bertz CT molecular complexity index is 567. The van der Waals surface area contributed by atoms with Crippen LogP contribution >= 0.6 is 24.0 Å². The van der Waals surface area contributed by atoms with Crippen LogP contribution in [0.25, 0.3) is 0 Å². The SMILES string of the molecule is Cc1ccc(CCNC(N)=NCCc2ccccc2)cn1.I. The number of hydrogen-bond donors (Lipinski definition) is 2. The number of rotatable bonds is 6. The summed E-state index contributed by atoms with van der Waals surface area (Å²) in [5.74, 6) is 0.506. The van der Waals surface area contributed by atoms with Crippen LogP contribution in [0.3, 0.4) is 0 Å². The van der Waals surface area contributed by atoms with Crippen molar-refractivity contribution in [1.82, 2.24) is 10.3 Å². The maximum Gasteiger partial charge on any atom is 0.188 e. The van der Waals surface area contributed by atoms with Crippen molar-refractivity contribution in [3.8, 4) is 0 Å². The van der Waals surface area contributed by atoms with Gasteiger partial charge in [0, 0.05) is 25.0 Å². The molecule has 0 spiro atoms. The van der Waals surface area contributed by atoms with E-state index in [4.69, 9.17) is 5.73 Å². The van der Waals surface area contributed by atoms with E-state index >= 15 is 0 Å². The predicted molar refractivity (Wildman–Crippen MR) is 103 cm³/mol. The fraction of sp³-hybridized carbons (Fsp3) is 0.294. The summed E-state index contributed by atoms with van der Waals surface area (Å²) in [6, 6.07) is 14.4. The highest BCUT2D eigenvalue weighted by atomic mass is 127. The van der Waals surface area contributed by atoms with Gasteiger partial charge in [0.15, 0.2) is 5.96 Å². The van der Waals surface area contributed by atoms with Gasteiger partial charge in [-0.15, -0.1) is 24.0 Å². The normalized spacial score (nSPS) is 10.9. The van der Waals surface area contributed by atoms with Gasteiger partial charge in [-0.1, -0.05) is 36.4 Å². The number of pyridine rings is 1. The van der Waals surface area contributed by atoms with E-state index in [1.54, 1.807) is 0 Å². The number of aliphatic imine (C=N–C) groups is 1. The lowest BCUT2D eigenvalue weighted by molar-refractivity contribution is 0.839. The molecule has 5 heteroatoms. The van der Waals surface area contributed by atoms with Crippen molar-refractivity contribution in [3.05, 3.63) is 65.5 Å². The van der Waals surface area contributed by atoms with E-state index in [-0.39, 0.29) is 24.0 Å². The second-order valence-corrected chi connectivity index (χ2v) is 4.99. The van der Waals surface area contributed by atoms with Crippen molar-refractivity contribution in [2.45, 2.75) is 19.8 Å². The van der Waals surface area contributed by atoms with E-state index in [0.29, 0.717) is 12.5 Å². The van der Waals surface area contributed by atoms with Crippen molar-refractivity contribution >= 4 is 29.9 Å². The fourth-order valence-corrected chi connectivity index (χ4v) is 1.99. The molecular formula is C17H23IN4. The third kappa shape index (κ3) is 6.89. The maximum absolute atomic E-state index is 5.85. The molecule has 0 saturated heterocycles. The van der Waals surface area contributed by atoms with Crippen LogP contribution in [0.15, 0.2) is 53.7 Å². The lowest BCUT2D eigenvalue weighted by atomic mass is 10.2. The summed E-state index contributed by atoms with van der Waals surface area (Å²) < 4.78 is 0. The zero-order valence-electron chi connectivity index (χ0n) is 12.8. The number of nitrogens with two attached hydrogens (primary N) is 1. The summed E-state index contributed by atoms with van der Waals surface area (Å²) in [6.07, 6.45) is 3.70. The molecule has 0 aliphatic carbocycles. The molecule has 0 aliphatic rings. The number of benzene rings is 1. The molecule has 118 valence electrons. The molecule has 0 fully saturated rings. The van der Waals surface area contributed by atoms with E-state index in [9.17, 15) is 0 Å². The van der Waals surface area contributed by atoms with E-state index in [1.807, 2.05) is 37.4 Å². The van der Waals surface area contributed by atoms with E-state index in [1.165, 1.54) is 11.1 Å².